The Bertz CT molecular complexity index is 306. The molecule has 1 rings (SSSR count). The van der Waals surface area contributed by atoms with Crippen LogP contribution in [-0.4, -0.2) is 28.3 Å². The number of hydrogen-bond donors (Lipinski definition) is 2. The maximum Gasteiger partial charge on any atom is 0.236 e. The fourth-order valence-electron chi connectivity index (χ4n) is 1.07. The molecule has 78 valence electrons. The number of amides is 1. The predicted octanol–water partition coefficient (Wildman–Crippen LogP) is -0.574. The Morgan fingerprint density at radius 2 is 2.50 bits per heavy atom. The molecular weight excluding hydrogens is 180 g/mol. The number of nitrogens with two attached hydrogens (primary N) is 1. The lowest BCUT2D eigenvalue weighted by molar-refractivity contribution is -0.121. The minimum absolute atomic E-state index is 0.124. The van der Waals surface area contributed by atoms with E-state index >= 15 is 0 Å². The molecule has 1 heterocycles. The zero-order chi connectivity index (χ0) is 10.6. The molecule has 14 heavy (non-hydrogen) atoms. The van der Waals surface area contributed by atoms with E-state index in [-0.39, 0.29) is 5.91 Å². The van der Waals surface area contributed by atoms with E-state index in [4.69, 9.17) is 5.73 Å². The maximum absolute atomic E-state index is 11.1. The largest absolute Gasteiger partial charge is 0.354 e. The van der Waals surface area contributed by atoms with Gasteiger partial charge in [0, 0.05) is 26.2 Å². The van der Waals surface area contributed by atoms with Crippen LogP contribution >= 0.6 is 0 Å². The van der Waals surface area contributed by atoms with Gasteiger partial charge >= 0.3 is 0 Å². The quantitative estimate of drug-likeness (QED) is 0.677. The molecule has 0 unspecified atom stereocenters. The molecule has 5 heteroatoms. The molecule has 0 saturated carbocycles. The highest BCUT2D eigenvalue weighted by molar-refractivity contribution is 5.80. The molecule has 0 fully saturated rings. The number of nitrogens with zero attached hydrogens (tertiary/aromatic N) is 2. The van der Waals surface area contributed by atoms with Crippen LogP contribution in [0.1, 0.15) is 12.6 Å². The standard InChI is InChI=1S/C9H16N4O/c1-7(10)9(14)11-5-3-8-4-6-13(2)12-8/h4,6-7H,3,5,10H2,1-2H3,(H,11,14)/t7-/m1/s1. The third kappa shape index (κ3) is 3.18. The second kappa shape index (κ2) is 4.76. The van der Waals surface area contributed by atoms with Crippen LogP contribution in [0.25, 0.3) is 0 Å². The molecular formula is C9H16N4O. The monoisotopic (exact) mass is 196 g/mol. The first kappa shape index (κ1) is 10.7. The molecule has 3 N–H and O–H groups in total. The highest BCUT2D eigenvalue weighted by Crippen LogP contribution is 1.93. The molecule has 0 aliphatic rings. The first-order valence-corrected chi connectivity index (χ1v) is 4.61. The predicted molar refractivity (Wildman–Crippen MR) is 53.6 cm³/mol. The zero-order valence-corrected chi connectivity index (χ0v) is 8.53. The van der Waals surface area contributed by atoms with Gasteiger partial charge < -0.3 is 11.1 Å². The van der Waals surface area contributed by atoms with Crippen molar-refractivity contribution in [1.82, 2.24) is 15.1 Å². The number of nitrogens with one attached hydrogen (secondary N) is 1. The van der Waals surface area contributed by atoms with Gasteiger partial charge in [-0.1, -0.05) is 0 Å². The van der Waals surface area contributed by atoms with Gasteiger partial charge in [0.15, 0.2) is 0 Å². The lowest BCUT2D eigenvalue weighted by Crippen LogP contribution is -2.39. The summed E-state index contributed by atoms with van der Waals surface area (Å²) < 4.78 is 1.74. The van der Waals surface area contributed by atoms with E-state index in [0.717, 1.165) is 12.1 Å². The Morgan fingerprint density at radius 3 is 3.00 bits per heavy atom. The molecule has 0 spiro atoms. The zero-order valence-electron chi connectivity index (χ0n) is 8.53. The van der Waals surface area contributed by atoms with Crippen molar-refractivity contribution in [1.29, 1.82) is 0 Å². The molecule has 0 radical (unpaired) electrons. The summed E-state index contributed by atoms with van der Waals surface area (Å²) in [4.78, 5) is 11.1. The van der Waals surface area contributed by atoms with E-state index < -0.39 is 6.04 Å². The molecule has 0 aliphatic carbocycles. The minimum Gasteiger partial charge on any atom is -0.354 e. The molecule has 0 aromatic carbocycles. The first-order chi connectivity index (χ1) is 6.59. The van der Waals surface area contributed by atoms with Gasteiger partial charge in [-0.15, -0.1) is 0 Å². The van der Waals surface area contributed by atoms with Gasteiger partial charge in [-0.3, -0.25) is 9.48 Å². The van der Waals surface area contributed by atoms with Crippen LogP contribution in [0.3, 0.4) is 0 Å². The third-order valence-corrected chi connectivity index (χ3v) is 1.86. The normalized spacial score (nSPS) is 12.5. The summed E-state index contributed by atoms with van der Waals surface area (Å²) in [5.74, 6) is -0.124. The molecule has 1 aromatic rings. The third-order valence-electron chi connectivity index (χ3n) is 1.86. The number of aryl methyl sites for hydroxylation is 1. The lowest BCUT2D eigenvalue weighted by atomic mass is 10.3. The Balaban J connectivity index is 2.25. The molecule has 1 amide bonds. The van der Waals surface area contributed by atoms with Crippen molar-refractivity contribution in [3.05, 3.63) is 18.0 Å². The van der Waals surface area contributed by atoms with Crippen molar-refractivity contribution >= 4 is 5.91 Å². The van der Waals surface area contributed by atoms with Crippen molar-refractivity contribution in [3.8, 4) is 0 Å². The number of carbonyl (C=O) groups excluding carboxylic acids is 1. The summed E-state index contributed by atoms with van der Waals surface area (Å²) in [7, 11) is 1.87. The van der Waals surface area contributed by atoms with Gasteiger partial charge in [-0.25, -0.2) is 0 Å². The number of hydrogen-bond acceptors (Lipinski definition) is 3. The van der Waals surface area contributed by atoms with Gasteiger partial charge in [0.1, 0.15) is 0 Å². The van der Waals surface area contributed by atoms with Crippen molar-refractivity contribution in [2.75, 3.05) is 6.54 Å². The Hall–Kier alpha value is -1.36. The Morgan fingerprint density at radius 1 is 1.79 bits per heavy atom. The number of rotatable bonds is 4. The Labute approximate surface area is 83.3 Å². The van der Waals surface area contributed by atoms with E-state index in [0.29, 0.717) is 6.54 Å². The van der Waals surface area contributed by atoms with Crippen LogP contribution in [0.2, 0.25) is 0 Å². The summed E-state index contributed by atoms with van der Waals surface area (Å²) in [6.45, 7) is 2.24. The van der Waals surface area contributed by atoms with E-state index in [1.807, 2.05) is 19.3 Å². The fraction of sp³-hybridized carbons (Fsp3) is 0.556. The van der Waals surface area contributed by atoms with Gasteiger partial charge in [0.25, 0.3) is 0 Å². The molecule has 0 saturated heterocycles. The summed E-state index contributed by atoms with van der Waals surface area (Å²) in [5, 5.41) is 6.91. The molecule has 0 bridgehead atoms. The lowest BCUT2D eigenvalue weighted by Gasteiger charge is -2.05. The average Bonchev–Trinajstić information content (AvgIpc) is 2.51. The highest BCUT2D eigenvalue weighted by atomic mass is 16.2. The summed E-state index contributed by atoms with van der Waals surface area (Å²) >= 11 is 0. The summed E-state index contributed by atoms with van der Waals surface area (Å²) in [6, 6.07) is 1.48. The Kier molecular flexibility index (Phi) is 3.64. The van der Waals surface area contributed by atoms with Crippen LogP contribution in [0.15, 0.2) is 12.3 Å². The number of carbonyl (C=O) groups is 1. The smallest absolute Gasteiger partial charge is 0.236 e. The second-order valence-electron chi connectivity index (χ2n) is 3.31. The van der Waals surface area contributed by atoms with Crippen LogP contribution in [0.4, 0.5) is 0 Å². The average molecular weight is 196 g/mol. The summed E-state index contributed by atoms with van der Waals surface area (Å²) in [5.41, 5.74) is 6.36. The van der Waals surface area contributed by atoms with E-state index in [2.05, 4.69) is 10.4 Å². The van der Waals surface area contributed by atoms with Crippen molar-refractivity contribution in [2.24, 2.45) is 12.8 Å². The molecule has 1 atom stereocenters. The van der Waals surface area contributed by atoms with Crippen molar-refractivity contribution < 1.29 is 4.79 Å². The van der Waals surface area contributed by atoms with Gasteiger partial charge in [0.2, 0.25) is 5.91 Å². The topological polar surface area (TPSA) is 72.9 Å². The summed E-state index contributed by atoms with van der Waals surface area (Å²) in [6.07, 6.45) is 2.61. The first-order valence-electron chi connectivity index (χ1n) is 4.61. The van der Waals surface area contributed by atoms with Crippen LogP contribution in [0.5, 0.6) is 0 Å². The van der Waals surface area contributed by atoms with Crippen LogP contribution < -0.4 is 11.1 Å². The highest BCUT2D eigenvalue weighted by Gasteiger charge is 2.05. The minimum atomic E-state index is -0.446. The van der Waals surface area contributed by atoms with Gasteiger partial charge in [-0.05, 0) is 13.0 Å². The second-order valence-corrected chi connectivity index (χ2v) is 3.31. The van der Waals surface area contributed by atoms with E-state index in [1.54, 1.807) is 11.6 Å². The van der Waals surface area contributed by atoms with Crippen LogP contribution in [-0.2, 0) is 18.3 Å². The molecule has 0 aliphatic heterocycles. The molecule has 5 nitrogen and oxygen atoms in total. The van der Waals surface area contributed by atoms with Gasteiger partial charge in [0.05, 0.1) is 11.7 Å². The maximum atomic E-state index is 11.1. The van der Waals surface area contributed by atoms with E-state index in [9.17, 15) is 4.79 Å². The van der Waals surface area contributed by atoms with E-state index in [1.165, 1.54) is 0 Å². The van der Waals surface area contributed by atoms with Crippen molar-refractivity contribution in [2.45, 2.75) is 19.4 Å². The number of aromatic nitrogens is 2. The molecule has 1 aromatic heterocycles. The van der Waals surface area contributed by atoms with Crippen LogP contribution in [0, 0.1) is 0 Å². The fourth-order valence-corrected chi connectivity index (χ4v) is 1.07. The SMILES string of the molecule is C[C@@H](N)C(=O)NCCc1ccn(C)n1. The van der Waals surface area contributed by atoms with Gasteiger partial charge in [-0.2, -0.15) is 5.10 Å². The van der Waals surface area contributed by atoms with Crippen molar-refractivity contribution in [3.63, 3.8) is 0 Å².